The number of hydrogen-bond acceptors (Lipinski definition) is 7. The molecule has 2 aromatic carbocycles. The van der Waals surface area contributed by atoms with Crippen LogP contribution in [0.3, 0.4) is 0 Å². The topological polar surface area (TPSA) is 94.6 Å². The fraction of sp³-hybridized carbons (Fsp3) is 0.286. The highest BCUT2D eigenvalue weighted by Gasteiger charge is 2.60. The first-order chi connectivity index (χ1) is 16.8. The Kier molecular flexibility index (Phi) is 6.94. The van der Waals surface area contributed by atoms with Crippen LogP contribution >= 0.6 is 11.3 Å². The monoisotopic (exact) mass is 552 g/mol. The van der Waals surface area contributed by atoms with Gasteiger partial charge in [-0.05, 0) is 23.8 Å². The summed E-state index contributed by atoms with van der Waals surface area (Å²) in [5, 5.41) is 13.5. The molecule has 7 nitrogen and oxygen atoms in total. The third-order valence-corrected chi connectivity index (χ3v) is 7.51. The Bertz CT molecular complexity index is 1340. The predicted octanol–water partition coefficient (Wildman–Crippen LogP) is 4.08. The number of thiazole rings is 1. The zero-order valence-corrected chi connectivity index (χ0v) is 19.7. The molecular weight excluding hydrogens is 534 g/mol. The van der Waals surface area contributed by atoms with Crippen molar-refractivity contribution in [1.29, 1.82) is 0 Å². The first kappa shape index (κ1) is 26.2. The van der Waals surface area contributed by atoms with E-state index in [0.717, 1.165) is 29.5 Å². The number of alkyl halides is 3. The van der Waals surface area contributed by atoms with Crippen molar-refractivity contribution >= 4 is 32.9 Å². The number of aliphatic hydroxyl groups is 1. The first-order valence-electron chi connectivity index (χ1n) is 10.2. The second kappa shape index (κ2) is 9.53. The smallest absolute Gasteiger partial charge is 0.381 e. The van der Waals surface area contributed by atoms with Crippen LogP contribution in [-0.4, -0.2) is 48.3 Å². The van der Waals surface area contributed by atoms with Crippen molar-refractivity contribution in [1.82, 2.24) is 9.88 Å². The lowest BCUT2D eigenvalue weighted by Gasteiger charge is -2.47. The summed E-state index contributed by atoms with van der Waals surface area (Å²) in [5.74, 6) is -3.62. The van der Waals surface area contributed by atoms with E-state index in [1.165, 1.54) is 27.9 Å². The summed E-state index contributed by atoms with van der Waals surface area (Å²) in [6, 6.07) is 5.39. The summed E-state index contributed by atoms with van der Waals surface area (Å²) < 4.78 is 109. The Morgan fingerprint density at radius 2 is 1.78 bits per heavy atom. The van der Waals surface area contributed by atoms with Crippen molar-refractivity contribution in [2.75, 3.05) is 23.1 Å². The molecule has 0 radical (unpaired) electrons. The minimum absolute atomic E-state index is 0.0302. The number of nitrogens with one attached hydrogen (secondary N) is 2. The van der Waals surface area contributed by atoms with E-state index in [0.29, 0.717) is 5.56 Å². The zero-order valence-electron chi connectivity index (χ0n) is 18.1. The van der Waals surface area contributed by atoms with Gasteiger partial charge in [0.15, 0.2) is 16.3 Å². The van der Waals surface area contributed by atoms with Crippen molar-refractivity contribution in [3.63, 3.8) is 0 Å². The summed E-state index contributed by atoms with van der Waals surface area (Å²) in [7, 11) is -4.62. The number of halogens is 6. The van der Waals surface area contributed by atoms with E-state index in [1.807, 2.05) is 4.72 Å². The zero-order chi connectivity index (χ0) is 26.3. The molecule has 0 spiro atoms. The Morgan fingerprint density at radius 3 is 2.36 bits per heavy atom. The number of benzene rings is 2. The quantitative estimate of drug-likeness (QED) is 0.365. The summed E-state index contributed by atoms with van der Waals surface area (Å²) in [5.41, 5.74) is -1.36. The van der Waals surface area contributed by atoms with Gasteiger partial charge < -0.3 is 10.4 Å². The van der Waals surface area contributed by atoms with Gasteiger partial charge in [-0.15, -0.1) is 11.3 Å². The van der Waals surface area contributed by atoms with Crippen LogP contribution in [0, 0.1) is 17.5 Å². The van der Waals surface area contributed by atoms with Crippen LogP contribution in [0.25, 0.3) is 0 Å². The Balaban J connectivity index is 1.48. The maximum atomic E-state index is 14.6. The molecule has 0 saturated carbocycles. The lowest BCUT2D eigenvalue weighted by molar-refractivity contribution is -0.302. The van der Waals surface area contributed by atoms with Crippen LogP contribution in [0.15, 0.2) is 46.1 Å². The van der Waals surface area contributed by atoms with E-state index in [-0.39, 0.29) is 30.2 Å². The molecule has 15 heteroatoms. The number of aromatic nitrogens is 1. The highest BCUT2D eigenvalue weighted by Crippen LogP contribution is 2.38. The Morgan fingerprint density at radius 1 is 1.11 bits per heavy atom. The lowest BCUT2D eigenvalue weighted by Crippen LogP contribution is -2.68. The van der Waals surface area contributed by atoms with E-state index in [2.05, 4.69) is 10.3 Å². The van der Waals surface area contributed by atoms with E-state index >= 15 is 0 Å². The van der Waals surface area contributed by atoms with Crippen LogP contribution in [0.5, 0.6) is 0 Å². The second-order valence-electron chi connectivity index (χ2n) is 8.15. The number of β-amino-alcohol motifs (C(OH)–C–C–N with tert-alkyl or cyclic N) is 1. The van der Waals surface area contributed by atoms with E-state index in [1.54, 1.807) is 0 Å². The molecule has 1 aliphatic rings. The van der Waals surface area contributed by atoms with Crippen LogP contribution in [0.1, 0.15) is 11.1 Å². The van der Waals surface area contributed by atoms with Gasteiger partial charge in [-0.2, -0.15) is 13.2 Å². The lowest BCUT2D eigenvalue weighted by atomic mass is 9.92. The molecule has 1 fully saturated rings. The molecule has 0 amide bonds. The third kappa shape index (κ3) is 5.28. The molecule has 1 aromatic heterocycles. The summed E-state index contributed by atoms with van der Waals surface area (Å²) in [6.45, 7) is -1.76. The van der Waals surface area contributed by atoms with E-state index in [4.69, 9.17) is 0 Å². The van der Waals surface area contributed by atoms with Crippen molar-refractivity contribution < 1.29 is 39.9 Å². The molecule has 36 heavy (non-hydrogen) atoms. The fourth-order valence-corrected chi connectivity index (χ4v) is 5.41. The van der Waals surface area contributed by atoms with Crippen LogP contribution in [0.4, 0.5) is 37.8 Å². The molecule has 1 saturated heterocycles. The van der Waals surface area contributed by atoms with Crippen LogP contribution < -0.4 is 10.0 Å². The molecule has 0 aliphatic carbocycles. The normalized spacial score (nSPS) is 16.0. The maximum absolute atomic E-state index is 14.6. The molecule has 2 heterocycles. The molecule has 4 rings (SSSR count). The molecule has 3 N–H and O–H groups in total. The van der Waals surface area contributed by atoms with Crippen molar-refractivity contribution in [3.8, 4) is 0 Å². The summed E-state index contributed by atoms with van der Waals surface area (Å²) in [4.78, 5) is 3.75. The largest absolute Gasteiger partial charge is 0.419 e. The van der Waals surface area contributed by atoms with Crippen LogP contribution in [0.2, 0.25) is 0 Å². The van der Waals surface area contributed by atoms with Gasteiger partial charge in [0.05, 0.1) is 5.51 Å². The number of nitrogens with zero attached hydrogens (tertiary/aromatic N) is 2. The highest BCUT2D eigenvalue weighted by molar-refractivity contribution is 7.92. The molecule has 0 unspecified atom stereocenters. The standard InChI is InChI=1S/C21H18F6N4O3S2/c22-15-3-1-2-12(7-31-9-20(32,10-31)21(25,26)27)14(15)6-28-13-4-16(23)19(17(24)5-13)36(33,34)30-18-8-35-11-29-18/h1-5,8,11,28,30,32H,6-7,9-10H2. The second-order valence-corrected chi connectivity index (χ2v) is 10.5. The maximum Gasteiger partial charge on any atom is 0.419 e. The fourth-order valence-electron chi connectivity index (χ4n) is 3.74. The summed E-state index contributed by atoms with van der Waals surface area (Å²) in [6.07, 6.45) is -4.79. The van der Waals surface area contributed by atoms with Crippen molar-refractivity contribution in [3.05, 3.63) is 69.8 Å². The Hall–Kier alpha value is -2.88. The van der Waals surface area contributed by atoms with Crippen molar-refractivity contribution in [2.45, 2.75) is 29.8 Å². The number of likely N-dealkylation sites (tertiary alicyclic amines) is 1. The molecule has 3 aromatic rings. The molecule has 194 valence electrons. The van der Waals surface area contributed by atoms with Crippen LogP contribution in [-0.2, 0) is 23.1 Å². The minimum Gasteiger partial charge on any atom is -0.381 e. The number of sulfonamides is 1. The van der Waals surface area contributed by atoms with E-state index in [9.17, 15) is 39.9 Å². The summed E-state index contributed by atoms with van der Waals surface area (Å²) >= 11 is 1.07. The molecule has 0 atom stereocenters. The molecular formula is C21H18F6N4O3S2. The van der Waals surface area contributed by atoms with E-state index < -0.39 is 57.2 Å². The number of anilines is 2. The van der Waals surface area contributed by atoms with Gasteiger partial charge in [-0.25, -0.2) is 26.6 Å². The van der Waals surface area contributed by atoms with Gasteiger partial charge >= 0.3 is 6.18 Å². The number of hydrogen-bond donors (Lipinski definition) is 3. The predicted molar refractivity (Wildman–Crippen MR) is 119 cm³/mol. The first-order valence-corrected chi connectivity index (χ1v) is 12.6. The SMILES string of the molecule is O=S(=O)(Nc1cscn1)c1c(F)cc(NCc2c(F)cccc2CN2CC(O)(C(F)(F)F)C2)cc1F. The molecule has 1 aliphatic heterocycles. The average molecular weight is 553 g/mol. The van der Waals surface area contributed by atoms with Gasteiger partial charge in [-0.3, -0.25) is 9.62 Å². The minimum atomic E-state index is -4.79. The molecule has 0 bridgehead atoms. The van der Waals surface area contributed by atoms with Gasteiger partial charge in [0.25, 0.3) is 10.0 Å². The Labute approximate surface area is 205 Å². The van der Waals surface area contributed by atoms with Crippen molar-refractivity contribution in [2.24, 2.45) is 0 Å². The van der Waals surface area contributed by atoms with Gasteiger partial charge in [0, 0.05) is 42.8 Å². The third-order valence-electron chi connectivity index (χ3n) is 5.52. The van der Waals surface area contributed by atoms with Gasteiger partial charge in [-0.1, -0.05) is 12.1 Å². The number of rotatable bonds is 8. The highest BCUT2D eigenvalue weighted by atomic mass is 32.2. The van der Waals surface area contributed by atoms with Gasteiger partial charge in [0.2, 0.25) is 0 Å². The average Bonchev–Trinajstić information content (AvgIpc) is 3.22. The van der Waals surface area contributed by atoms with Gasteiger partial charge in [0.1, 0.15) is 17.5 Å².